The van der Waals surface area contributed by atoms with Crippen LogP contribution in [0.2, 0.25) is 0 Å². The van der Waals surface area contributed by atoms with Crippen LogP contribution in [-0.2, 0) is 25.6 Å². The minimum absolute atomic E-state index is 0.165. The van der Waals surface area contributed by atoms with Gasteiger partial charge in [0.15, 0.2) is 11.6 Å². The molecule has 0 unspecified atom stereocenters. The lowest BCUT2D eigenvalue weighted by molar-refractivity contribution is -0.252. The zero-order valence-electron chi connectivity index (χ0n) is 14.7. The molecule has 2 fully saturated rings. The number of allylic oxidation sites excluding steroid dienone is 1. The van der Waals surface area contributed by atoms with Gasteiger partial charge in [-0.15, -0.1) is 0 Å². The largest absolute Gasteiger partial charge is 0.497 e. The minimum Gasteiger partial charge on any atom is -0.497 e. The Labute approximate surface area is 147 Å². The first-order valence-corrected chi connectivity index (χ1v) is 8.87. The first kappa shape index (κ1) is 16.8. The van der Waals surface area contributed by atoms with Crippen LogP contribution in [0.1, 0.15) is 31.2 Å². The summed E-state index contributed by atoms with van der Waals surface area (Å²) in [5.74, 6) is 0.371. The average Bonchev–Trinajstić information content (AvgIpc) is 2.90. The molecule has 0 saturated carbocycles. The molecule has 0 aromatic heterocycles. The van der Waals surface area contributed by atoms with Gasteiger partial charge in [-0.2, -0.15) is 0 Å². The van der Waals surface area contributed by atoms with Crippen molar-refractivity contribution >= 4 is 5.78 Å². The highest BCUT2D eigenvalue weighted by molar-refractivity contribution is 5.97. The number of methoxy groups -OCH3 is 2. The molecule has 0 radical (unpaired) electrons. The normalized spacial score (nSPS) is 33.8. The molecule has 4 rings (SSSR count). The van der Waals surface area contributed by atoms with E-state index < -0.39 is 5.79 Å². The van der Waals surface area contributed by atoms with Crippen molar-refractivity contribution in [3.8, 4) is 5.75 Å². The van der Waals surface area contributed by atoms with E-state index >= 15 is 0 Å². The van der Waals surface area contributed by atoms with Crippen molar-refractivity contribution in [3.63, 3.8) is 0 Å². The fourth-order valence-corrected chi connectivity index (χ4v) is 4.33. The fraction of sp³-hybridized carbons (Fsp3) is 0.550. The van der Waals surface area contributed by atoms with E-state index in [0.717, 1.165) is 29.7 Å². The van der Waals surface area contributed by atoms with E-state index in [0.29, 0.717) is 19.4 Å². The number of hydrogen-bond donors (Lipinski definition) is 0. The predicted octanol–water partition coefficient (Wildman–Crippen LogP) is 3.02. The molecule has 0 amide bonds. The summed E-state index contributed by atoms with van der Waals surface area (Å²) in [6.07, 6.45) is 4.53. The molecule has 2 bridgehead atoms. The Morgan fingerprint density at radius 1 is 1.24 bits per heavy atom. The van der Waals surface area contributed by atoms with Gasteiger partial charge >= 0.3 is 0 Å². The summed E-state index contributed by atoms with van der Waals surface area (Å²) >= 11 is 0. The maximum Gasteiger partial charge on any atom is 0.195 e. The molecule has 1 aliphatic carbocycles. The Morgan fingerprint density at radius 3 is 2.76 bits per heavy atom. The average molecular weight is 344 g/mol. The predicted molar refractivity (Wildman–Crippen MR) is 91.2 cm³/mol. The Balaban J connectivity index is 1.56. The highest BCUT2D eigenvalue weighted by Crippen LogP contribution is 2.50. The highest BCUT2D eigenvalue weighted by atomic mass is 16.7. The van der Waals surface area contributed by atoms with Crippen molar-refractivity contribution in [1.82, 2.24) is 0 Å². The molecule has 134 valence electrons. The van der Waals surface area contributed by atoms with Gasteiger partial charge < -0.3 is 18.9 Å². The van der Waals surface area contributed by atoms with Crippen LogP contribution in [-0.4, -0.2) is 38.0 Å². The number of fused-ring (bicyclic) bond motifs is 1. The van der Waals surface area contributed by atoms with E-state index in [1.54, 1.807) is 14.2 Å². The van der Waals surface area contributed by atoms with Crippen LogP contribution < -0.4 is 4.74 Å². The summed E-state index contributed by atoms with van der Waals surface area (Å²) in [6, 6.07) is 7.86. The maximum atomic E-state index is 12.4. The number of Topliss-reactive ketones (excluding diaryl/α,β-unsaturated/α-hetero) is 1. The van der Waals surface area contributed by atoms with Gasteiger partial charge in [-0.1, -0.05) is 18.2 Å². The Morgan fingerprint density at radius 2 is 2.04 bits per heavy atom. The van der Waals surface area contributed by atoms with Gasteiger partial charge in [-0.3, -0.25) is 4.79 Å². The monoisotopic (exact) mass is 344 g/mol. The third kappa shape index (κ3) is 2.80. The molecule has 2 aliphatic heterocycles. The molecular formula is C20H24O5. The van der Waals surface area contributed by atoms with E-state index in [9.17, 15) is 4.79 Å². The van der Waals surface area contributed by atoms with Crippen molar-refractivity contribution in [2.75, 3.05) is 14.2 Å². The number of rotatable bonds is 5. The van der Waals surface area contributed by atoms with Gasteiger partial charge in [0.2, 0.25) is 0 Å². The minimum atomic E-state index is -0.822. The van der Waals surface area contributed by atoms with Crippen molar-refractivity contribution in [3.05, 3.63) is 41.5 Å². The number of ketones is 1. The number of carbonyl (C=O) groups excluding carboxylic acids is 1. The zero-order valence-corrected chi connectivity index (χ0v) is 14.7. The summed E-state index contributed by atoms with van der Waals surface area (Å²) in [6.45, 7) is 0.485. The van der Waals surface area contributed by atoms with Crippen LogP contribution in [0.15, 0.2) is 35.9 Å². The second-order valence-corrected chi connectivity index (χ2v) is 6.96. The maximum absolute atomic E-state index is 12.4. The van der Waals surface area contributed by atoms with Gasteiger partial charge in [0, 0.05) is 31.4 Å². The quantitative estimate of drug-likeness (QED) is 0.822. The zero-order chi connectivity index (χ0) is 17.4. The fourth-order valence-electron chi connectivity index (χ4n) is 4.33. The third-order valence-electron chi connectivity index (χ3n) is 5.67. The molecule has 2 heterocycles. The first-order chi connectivity index (χ1) is 12.2. The molecule has 1 aromatic carbocycles. The lowest BCUT2D eigenvalue weighted by Crippen LogP contribution is -2.46. The molecule has 2 saturated heterocycles. The molecule has 0 N–H and O–H groups in total. The summed E-state index contributed by atoms with van der Waals surface area (Å²) in [7, 11) is 3.31. The van der Waals surface area contributed by atoms with Crippen LogP contribution >= 0.6 is 0 Å². The lowest BCUT2D eigenvalue weighted by Gasteiger charge is -2.35. The van der Waals surface area contributed by atoms with Crippen LogP contribution in [0, 0.1) is 5.92 Å². The van der Waals surface area contributed by atoms with E-state index in [1.807, 2.05) is 30.3 Å². The van der Waals surface area contributed by atoms with Gasteiger partial charge in [0.05, 0.1) is 19.8 Å². The molecule has 25 heavy (non-hydrogen) atoms. The number of hydrogen-bond acceptors (Lipinski definition) is 5. The summed E-state index contributed by atoms with van der Waals surface area (Å²) in [5, 5.41) is 0. The Bertz CT molecular complexity index is 680. The van der Waals surface area contributed by atoms with Crippen LogP contribution in [0.4, 0.5) is 0 Å². The van der Waals surface area contributed by atoms with Crippen molar-refractivity contribution in [1.29, 1.82) is 0 Å². The number of carbonyl (C=O) groups is 1. The van der Waals surface area contributed by atoms with Crippen molar-refractivity contribution in [2.45, 2.75) is 50.3 Å². The highest BCUT2D eigenvalue weighted by Gasteiger charge is 2.60. The van der Waals surface area contributed by atoms with Crippen LogP contribution in [0.25, 0.3) is 0 Å². The molecule has 5 heteroatoms. The van der Waals surface area contributed by atoms with Gasteiger partial charge in [-0.05, 0) is 30.5 Å². The van der Waals surface area contributed by atoms with E-state index in [4.69, 9.17) is 18.9 Å². The van der Waals surface area contributed by atoms with E-state index in [1.165, 1.54) is 0 Å². The van der Waals surface area contributed by atoms with E-state index in [2.05, 4.69) is 0 Å². The first-order valence-electron chi connectivity index (χ1n) is 8.87. The van der Waals surface area contributed by atoms with Crippen LogP contribution in [0.5, 0.6) is 5.75 Å². The molecular weight excluding hydrogens is 320 g/mol. The van der Waals surface area contributed by atoms with Crippen LogP contribution in [0.3, 0.4) is 0 Å². The molecule has 3 aliphatic rings. The molecule has 0 spiro atoms. The Hall–Kier alpha value is -1.69. The SMILES string of the molecule is COc1ccc(CO[C@@H]2[C@@H]3CCC=C4C(=O)CC[C@]2(OC)O[C@@H]43)cc1. The smallest absolute Gasteiger partial charge is 0.195 e. The second kappa shape index (κ2) is 6.56. The van der Waals surface area contributed by atoms with Gasteiger partial charge in [0.25, 0.3) is 0 Å². The number of benzene rings is 1. The molecule has 4 atom stereocenters. The summed E-state index contributed by atoms with van der Waals surface area (Å²) in [4.78, 5) is 12.4. The lowest BCUT2D eigenvalue weighted by atomic mass is 9.77. The van der Waals surface area contributed by atoms with Gasteiger partial charge in [-0.25, -0.2) is 0 Å². The summed E-state index contributed by atoms with van der Waals surface area (Å²) < 4.78 is 23.6. The van der Waals surface area contributed by atoms with Gasteiger partial charge in [0.1, 0.15) is 11.9 Å². The second-order valence-electron chi connectivity index (χ2n) is 6.96. The molecule has 5 nitrogen and oxygen atoms in total. The topological polar surface area (TPSA) is 54.0 Å². The van der Waals surface area contributed by atoms with Crippen molar-refractivity contribution < 1.29 is 23.7 Å². The Kier molecular flexibility index (Phi) is 4.40. The standard InChI is InChI=1S/C20H24O5/c1-22-14-8-6-13(7-9-14)12-24-19-16-5-3-4-15-17(21)10-11-20(19,23-2)25-18(15)16/h4,6-9,16,18-19H,3,5,10-12H2,1-2H3/t16-,18+,19-,20+/m1/s1. The van der Waals surface area contributed by atoms with E-state index in [-0.39, 0.29) is 23.9 Å². The molecule has 1 aromatic rings. The van der Waals surface area contributed by atoms with Crippen molar-refractivity contribution in [2.24, 2.45) is 5.92 Å². The summed E-state index contributed by atoms with van der Waals surface area (Å²) in [5.41, 5.74) is 1.90. The number of ether oxygens (including phenoxy) is 4. The third-order valence-corrected chi connectivity index (χ3v) is 5.67.